The summed E-state index contributed by atoms with van der Waals surface area (Å²) < 4.78 is 6.96. The lowest BCUT2D eigenvalue weighted by Gasteiger charge is -2.34. The minimum absolute atomic E-state index is 0.344. The maximum Gasteiger partial charge on any atom is 0.335 e. The van der Waals surface area contributed by atoms with E-state index in [-0.39, 0.29) is 0 Å². The predicted octanol–water partition coefficient (Wildman–Crippen LogP) is 5.40. The highest BCUT2D eigenvalue weighted by atomic mass is 79.9. The van der Waals surface area contributed by atoms with Crippen LogP contribution < -0.4 is 4.74 Å². The van der Waals surface area contributed by atoms with E-state index in [1.54, 1.807) is 12.1 Å². The largest absolute Gasteiger partial charge is 0.478 e. The highest BCUT2D eigenvalue weighted by Crippen LogP contribution is 2.33. The lowest BCUT2D eigenvalue weighted by molar-refractivity contribution is 0.0697. The summed E-state index contributed by atoms with van der Waals surface area (Å²) >= 11 is 3.44. The number of piperazine rings is 1. The molecule has 0 radical (unpaired) electrons. The average Bonchev–Trinajstić information content (AvgIpc) is 3.37. The molecule has 2 heterocycles. The lowest BCUT2D eigenvalue weighted by atomic mass is 10.1. The first-order valence-electron chi connectivity index (χ1n) is 10.9. The van der Waals surface area contributed by atoms with E-state index in [1.165, 1.54) is 17.5 Å². The molecule has 2 bridgehead atoms. The van der Waals surface area contributed by atoms with Crippen LogP contribution in [0.3, 0.4) is 0 Å². The molecule has 164 valence electrons. The maximum absolute atomic E-state index is 11.0. The highest BCUT2D eigenvalue weighted by molar-refractivity contribution is 9.10. The summed E-state index contributed by atoms with van der Waals surface area (Å²) in [6.45, 7) is 3.99. The smallest absolute Gasteiger partial charge is 0.335 e. The summed E-state index contributed by atoms with van der Waals surface area (Å²) in [5.41, 5.74) is 2.82. The molecule has 0 aromatic heterocycles. The second-order valence-electron chi connectivity index (χ2n) is 8.60. The summed E-state index contributed by atoms with van der Waals surface area (Å²) in [6.07, 6.45) is 1.21. The van der Waals surface area contributed by atoms with E-state index < -0.39 is 5.97 Å². The first kappa shape index (κ1) is 21.2. The van der Waals surface area contributed by atoms with Crippen molar-refractivity contribution < 1.29 is 14.6 Å². The molecule has 0 unspecified atom stereocenters. The van der Waals surface area contributed by atoms with Crippen molar-refractivity contribution >= 4 is 21.9 Å². The molecule has 0 aliphatic carbocycles. The van der Waals surface area contributed by atoms with Crippen molar-refractivity contribution in [1.82, 2.24) is 9.80 Å². The fourth-order valence-electron chi connectivity index (χ4n) is 4.74. The molecule has 0 saturated carbocycles. The topological polar surface area (TPSA) is 53.0 Å². The SMILES string of the molecule is O=C(O)c1ccc(CN2C[C@@H]3C[C@H]2CN3Cc2ccc(Oc3ccc(Br)cc3)cc2)cc1. The Morgan fingerprint density at radius 1 is 0.812 bits per heavy atom. The molecule has 2 aliphatic rings. The number of hydrogen-bond donors (Lipinski definition) is 1. The Hall–Kier alpha value is -2.67. The van der Waals surface area contributed by atoms with Crippen LogP contribution in [0.15, 0.2) is 77.3 Å². The van der Waals surface area contributed by atoms with Gasteiger partial charge in [0.15, 0.2) is 0 Å². The van der Waals surface area contributed by atoms with Gasteiger partial charge in [-0.1, -0.05) is 40.2 Å². The van der Waals surface area contributed by atoms with Crippen molar-refractivity contribution in [2.45, 2.75) is 31.6 Å². The fraction of sp³-hybridized carbons (Fsp3) is 0.269. The predicted molar refractivity (Wildman–Crippen MR) is 127 cm³/mol. The van der Waals surface area contributed by atoms with Crippen LogP contribution in [0.2, 0.25) is 0 Å². The normalized spacial score (nSPS) is 20.5. The molecule has 0 amide bonds. The van der Waals surface area contributed by atoms with Crippen LogP contribution in [0.5, 0.6) is 11.5 Å². The molecule has 3 aromatic carbocycles. The van der Waals surface area contributed by atoms with Gasteiger partial charge in [-0.15, -0.1) is 0 Å². The average molecular weight is 493 g/mol. The standard InChI is InChI=1S/C26H25BrN2O3/c27-21-7-11-25(12-8-21)32-24-9-3-19(4-10-24)15-29-17-22-13-23(29)16-28(22)14-18-1-5-20(6-2-18)26(30)31/h1-12,22-23H,13-17H2,(H,30,31)/t22-,23-/m0/s1. The Labute approximate surface area is 196 Å². The molecule has 5 nitrogen and oxygen atoms in total. The zero-order chi connectivity index (χ0) is 22.1. The number of likely N-dealkylation sites (tertiary alicyclic amines) is 2. The third kappa shape index (κ3) is 4.72. The Morgan fingerprint density at radius 3 is 1.75 bits per heavy atom. The van der Waals surface area contributed by atoms with Gasteiger partial charge in [-0.05, 0) is 66.1 Å². The summed E-state index contributed by atoms with van der Waals surface area (Å²) in [5.74, 6) is 0.801. The molecule has 2 atom stereocenters. The first-order chi connectivity index (χ1) is 15.5. The van der Waals surface area contributed by atoms with E-state index in [9.17, 15) is 4.79 Å². The van der Waals surface area contributed by atoms with E-state index in [0.717, 1.165) is 42.2 Å². The van der Waals surface area contributed by atoms with Gasteiger partial charge in [-0.25, -0.2) is 4.79 Å². The van der Waals surface area contributed by atoms with Crippen LogP contribution in [-0.2, 0) is 13.1 Å². The van der Waals surface area contributed by atoms with Crippen LogP contribution in [0.4, 0.5) is 0 Å². The van der Waals surface area contributed by atoms with Crippen LogP contribution >= 0.6 is 15.9 Å². The number of ether oxygens (including phenoxy) is 1. The van der Waals surface area contributed by atoms with Crippen LogP contribution in [-0.4, -0.2) is 46.0 Å². The van der Waals surface area contributed by atoms with Crippen molar-refractivity contribution in [2.75, 3.05) is 13.1 Å². The van der Waals surface area contributed by atoms with Crippen molar-refractivity contribution in [3.8, 4) is 11.5 Å². The van der Waals surface area contributed by atoms with Crippen molar-refractivity contribution in [3.05, 3.63) is 94.0 Å². The van der Waals surface area contributed by atoms with Gasteiger partial charge in [0.1, 0.15) is 11.5 Å². The van der Waals surface area contributed by atoms with E-state index >= 15 is 0 Å². The second-order valence-corrected chi connectivity index (χ2v) is 9.52. The summed E-state index contributed by atoms with van der Waals surface area (Å²) in [5, 5.41) is 9.06. The van der Waals surface area contributed by atoms with Crippen LogP contribution in [0.25, 0.3) is 0 Å². The molecular formula is C26H25BrN2O3. The Balaban J connectivity index is 1.14. The maximum atomic E-state index is 11.0. The number of fused-ring (bicyclic) bond motifs is 2. The number of rotatable bonds is 7. The van der Waals surface area contributed by atoms with E-state index in [2.05, 4.69) is 37.9 Å². The Morgan fingerprint density at radius 2 is 1.28 bits per heavy atom. The zero-order valence-corrected chi connectivity index (χ0v) is 19.2. The van der Waals surface area contributed by atoms with E-state index in [1.807, 2.05) is 48.5 Å². The number of carbonyl (C=O) groups is 1. The third-order valence-electron chi connectivity index (χ3n) is 6.41. The van der Waals surface area contributed by atoms with Gasteiger partial charge < -0.3 is 9.84 Å². The summed E-state index contributed by atoms with van der Waals surface area (Å²) in [6, 6.07) is 24.6. The summed E-state index contributed by atoms with van der Waals surface area (Å²) in [7, 11) is 0. The van der Waals surface area contributed by atoms with Gasteiger partial charge in [0.2, 0.25) is 0 Å². The molecule has 0 spiro atoms. The first-order valence-corrected chi connectivity index (χ1v) is 11.7. The number of halogens is 1. The van der Waals surface area contributed by atoms with E-state index in [4.69, 9.17) is 9.84 Å². The van der Waals surface area contributed by atoms with Gasteiger partial charge in [-0.2, -0.15) is 0 Å². The molecule has 1 N–H and O–H groups in total. The van der Waals surface area contributed by atoms with Gasteiger partial charge in [-0.3, -0.25) is 9.80 Å². The molecule has 5 rings (SSSR count). The zero-order valence-electron chi connectivity index (χ0n) is 17.7. The molecule has 32 heavy (non-hydrogen) atoms. The molecule has 2 aliphatic heterocycles. The minimum Gasteiger partial charge on any atom is -0.478 e. The highest BCUT2D eigenvalue weighted by Gasteiger charge is 2.42. The third-order valence-corrected chi connectivity index (χ3v) is 6.94. The van der Waals surface area contributed by atoms with E-state index in [0.29, 0.717) is 17.6 Å². The van der Waals surface area contributed by atoms with Gasteiger partial charge in [0.05, 0.1) is 5.56 Å². The van der Waals surface area contributed by atoms with Crippen LogP contribution in [0, 0.1) is 0 Å². The monoisotopic (exact) mass is 492 g/mol. The Bertz CT molecular complexity index is 1080. The quantitative estimate of drug-likeness (QED) is 0.478. The van der Waals surface area contributed by atoms with Gasteiger partial charge in [0, 0.05) is 42.7 Å². The Kier molecular flexibility index (Phi) is 6.00. The lowest BCUT2D eigenvalue weighted by Crippen LogP contribution is -2.45. The van der Waals surface area contributed by atoms with Crippen molar-refractivity contribution in [3.63, 3.8) is 0 Å². The number of nitrogens with zero attached hydrogens (tertiary/aromatic N) is 2. The number of hydrogen-bond acceptors (Lipinski definition) is 4. The van der Waals surface area contributed by atoms with Gasteiger partial charge in [0.25, 0.3) is 0 Å². The number of benzene rings is 3. The van der Waals surface area contributed by atoms with Crippen molar-refractivity contribution in [1.29, 1.82) is 0 Å². The summed E-state index contributed by atoms with van der Waals surface area (Å²) in [4.78, 5) is 16.2. The molecule has 2 saturated heterocycles. The molecule has 3 aromatic rings. The molecular weight excluding hydrogens is 468 g/mol. The molecule has 6 heteroatoms. The number of carboxylic acid groups (broad SMARTS) is 1. The van der Waals surface area contributed by atoms with Gasteiger partial charge >= 0.3 is 5.97 Å². The second kappa shape index (κ2) is 9.06. The van der Waals surface area contributed by atoms with Crippen molar-refractivity contribution in [2.24, 2.45) is 0 Å². The molecule has 2 fully saturated rings. The number of carboxylic acids is 1. The fourth-order valence-corrected chi connectivity index (χ4v) is 5.01. The minimum atomic E-state index is -0.875. The van der Waals surface area contributed by atoms with Crippen LogP contribution in [0.1, 0.15) is 27.9 Å². The number of aromatic carboxylic acids is 1.